The zero-order valence-electron chi connectivity index (χ0n) is 20.1. The maximum atomic E-state index is 13.3. The molecule has 0 saturated carbocycles. The van der Waals surface area contributed by atoms with Crippen molar-refractivity contribution in [3.8, 4) is 11.5 Å². The molecule has 8 nitrogen and oxygen atoms in total. The molecule has 10 heteroatoms. The van der Waals surface area contributed by atoms with E-state index in [1.807, 2.05) is 19.9 Å². The van der Waals surface area contributed by atoms with E-state index in [2.05, 4.69) is 20.4 Å². The molecule has 0 unspecified atom stereocenters. The number of aromatic nitrogens is 2. The van der Waals surface area contributed by atoms with Crippen molar-refractivity contribution in [2.45, 2.75) is 40.2 Å². The highest BCUT2D eigenvalue weighted by molar-refractivity contribution is 6.00. The van der Waals surface area contributed by atoms with Crippen LogP contribution >= 0.6 is 0 Å². The van der Waals surface area contributed by atoms with Gasteiger partial charge in [-0.1, -0.05) is 17.3 Å². The molecule has 3 heterocycles. The highest BCUT2D eigenvalue weighted by Gasteiger charge is 2.21. The van der Waals surface area contributed by atoms with Crippen LogP contribution in [-0.4, -0.2) is 21.0 Å². The number of alkyl halides is 2. The summed E-state index contributed by atoms with van der Waals surface area (Å²) in [5.74, 6) is -0.0291. The van der Waals surface area contributed by atoms with Crippen molar-refractivity contribution in [2.24, 2.45) is 10.9 Å². The van der Waals surface area contributed by atoms with Crippen LogP contribution in [0.25, 0.3) is 22.4 Å². The largest absolute Gasteiger partial charge is 0.454 e. The van der Waals surface area contributed by atoms with Crippen molar-refractivity contribution >= 4 is 22.5 Å². The quantitative estimate of drug-likeness (QED) is 0.142. The Kier molecular flexibility index (Phi) is 6.69. The molecule has 0 radical (unpaired) electrons. The average Bonchev–Trinajstić information content (AvgIpc) is 2.86. The van der Waals surface area contributed by atoms with Crippen molar-refractivity contribution in [3.05, 3.63) is 86.5 Å². The minimum Gasteiger partial charge on any atom is -0.454 e. The monoisotopic (exact) mass is 493 g/mol. The second-order valence-electron chi connectivity index (χ2n) is 8.56. The molecule has 0 saturated heterocycles. The van der Waals surface area contributed by atoms with Gasteiger partial charge < -0.3 is 20.7 Å². The minimum absolute atomic E-state index is 0.127. The molecule has 36 heavy (non-hydrogen) atoms. The Labute approximate surface area is 205 Å². The van der Waals surface area contributed by atoms with Gasteiger partial charge in [0.2, 0.25) is 0 Å². The Morgan fingerprint density at radius 3 is 2.58 bits per heavy atom. The lowest BCUT2D eigenvalue weighted by Crippen LogP contribution is -2.20. The molecule has 4 aromatic rings. The van der Waals surface area contributed by atoms with Crippen molar-refractivity contribution in [3.63, 3.8) is 0 Å². The van der Waals surface area contributed by atoms with Gasteiger partial charge in [0.05, 0.1) is 17.1 Å². The number of amidine groups is 1. The van der Waals surface area contributed by atoms with Crippen molar-refractivity contribution in [1.29, 1.82) is 0 Å². The molecule has 186 valence electrons. The number of halogens is 2. The first kappa shape index (κ1) is 24.8. The smallest absolute Gasteiger partial charge is 0.280 e. The Morgan fingerprint density at radius 2 is 1.89 bits per heavy atom. The van der Waals surface area contributed by atoms with Crippen LogP contribution < -0.4 is 16.5 Å². The summed E-state index contributed by atoms with van der Waals surface area (Å²) in [6.45, 7) is 7.09. The van der Waals surface area contributed by atoms with E-state index >= 15 is 0 Å². The molecule has 1 aromatic carbocycles. The SMILES string of the molecule is Cc1cc([C@@H](C)Nc2ccc(C)nc2C(N)=NO)c2oc(-c3cccc(C(F)F)n3)c(C)c(=O)c2c1. The predicted molar refractivity (Wildman–Crippen MR) is 134 cm³/mol. The number of hydrogen-bond acceptors (Lipinski definition) is 7. The molecular weight excluding hydrogens is 468 g/mol. The molecule has 1 atom stereocenters. The molecule has 4 rings (SSSR count). The third-order valence-electron chi connectivity index (χ3n) is 5.84. The lowest BCUT2D eigenvalue weighted by atomic mass is 9.99. The van der Waals surface area contributed by atoms with Crippen molar-refractivity contribution in [1.82, 2.24) is 9.97 Å². The number of oxime groups is 1. The van der Waals surface area contributed by atoms with E-state index in [1.54, 1.807) is 32.0 Å². The van der Waals surface area contributed by atoms with Gasteiger partial charge in [-0.05, 0) is 63.6 Å². The van der Waals surface area contributed by atoms with Crippen LogP contribution in [0.15, 0.2) is 56.8 Å². The summed E-state index contributed by atoms with van der Waals surface area (Å²) in [4.78, 5) is 21.7. The summed E-state index contributed by atoms with van der Waals surface area (Å²) in [6.07, 6.45) is -2.76. The van der Waals surface area contributed by atoms with E-state index in [-0.39, 0.29) is 34.0 Å². The second kappa shape index (κ2) is 9.73. The molecule has 0 aliphatic heterocycles. The number of benzene rings is 1. The van der Waals surface area contributed by atoms with Gasteiger partial charge in [0.1, 0.15) is 22.7 Å². The van der Waals surface area contributed by atoms with Gasteiger partial charge in [-0.3, -0.25) is 4.79 Å². The minimum atomic E-state index is -2.76. The maximum Gasteiger partial charge on any atom is 0.280 e. The first-order valence-corrected chi connectivity index (χ1v) is 11.2. The summed E-state index contributed by atoms with van der Waals surface area (Å²) in [5.41, 5.74) is 8.82. The molecule has 0 bridgehead atoms. The zero-order valence-corrected chi connectivity index (χ0v) is 20.1. The molecule has 0 fully saturated rings. The number of anilines is 1. The summed E-state index contributed by atoms with van der Waals surface area (Å²) < 4.78 is 32.7. The first-order chi connectivity index (χ1) is 17.1. The summed E-state index contributed by atoms with van der Waals surface area (Å²) >= 11 is 0. The second-order valence-corrected chi connectivity index (χ2v) is 8.56. The number of aryl methyl sites for hydroxylation is 2. The number of fused-ring (bicyclic) bond motifs is 1. The number of hydrogen-bond donors (Lipinski definition) is 3. The average molecular weight is 494 g/mol. The Balaban J connectivity index is 1.88. The van der Waals surface area contributed by atoms with E-state index in [4.69, 9.17) is 10.2 Å². The fourth-order valence-electron chi connectivity index (χ4n) is 4.06. The first-order valence-electron chi connectivity index (χ1n) is 11.2. The van der Waals surface area contributed by atoms with Crippen molar-refractivity contribution < 1.29 is 18.4 Å². The summed E-state index contributed by atoms with van der Waals surface area (Å²) in [5, 5.41) is 15.9. The Bertz CT molecular complexity index is 1550. The standard InChI is InChI=1S/C26H25F2N5O3/c1-12-10-16(15(4)31-18-9-8-13(2)30-21(18)26(29)33-35)24-17(11-12)22(34)14(3)23(36-24)19-6-5-7-20(32-19)25(27)28/h5-11,15,25,31,35H,1-4H3,(H2,29,33)/t15-/m1/s1. The zero-order chi connectivity index (χ0) is 26.1. The van der Waals surface area contributed by atoms with E-state index in [1.165, 1.54) is 18.2 Å². The van der Waals surface area contributed by atoms with Crippen LogP contribution in [0, 0.1) is 20.8 Å². The topological polar surface area (TPSA) is 127 Å². The molecular formula is C26H25F2N5O3. The van der Waals surface area contributed by atoms with Gasteiger partial charge >= 0.3 is 0 Å². The number of rotatable bonds is 6. The lowest BCUT2D eigenvalue weighted by molar-refractivity contribution is 0.146. The molecule has 4 N–H and O–H groups in total. The highest BCUT2D eigenvalue weighted by Crippen LogP contribution is 2.32. The highest BCUT2D eigenvalue weighted by atomic mass is 19.3. The third-order valence-corrected chi connectivity index (χ3v) is 5.84. The molecule has 0 aliphatic rings. The van der Waals surface area contributed by atoms with Gasteiger partial charge in [-0.2, -0.15) is 0 Å². The molecule has 0 amide bonds. The fraction of sp³-hybridized carbons (Fsp3) is 0.231. The van der Waals surface area contributed by atoms with Gasteiger partial charge in [-0.15, -0.1) is 0 Å². The number of pyridine rings is 2. The molecule has 0 spiro atoms. The number of nitrogens with zero attached hydrogens (tertiary/aromatic N) is 3. The van der Waals surface area contributed by atoms with Gasteiger partial charge in [0, 0.05) is 16.8 Å². The Hall–Kier alpha value is -4.34. The summed E-state index contributed by atoms with van der Waals surface area (Å²) in [6, 6.07) is 10.9. The van der Waals surface area contributed by atoms with Crippen LogP contribution in [-0.2, 0) is 0 Å². The molecule has 3 aromatic heterocycles. The van der Waals surface area contributed by atoms with Crippen LogP contribution in [0.5, 0.6) is 0 Å². The third kappa shape index (κ3) is 4.61. The van der Waals surface area contributed by atoms with E-state index in [0.29, 0.717) is 27.9 Å². The maximum absolute atomic E-state index is 13.3. The van der Waals surface area contributed by atoms with Gasteiger partial charge in [0.15, 0.2) is 17.0 Å². The van der Waals surface area contributed by atoms with Crippen molar-refractivity contribution in [2.75, 3.05) is 5.32 Å². The van der Waals surface area contributed by atoms with E-state index in [0.717, 1.165) is 5.56 Å². The van der Waals surface area contributed by atoms with Crippen LogP contribution in [0.2, 0.25) is 0 Å². The van der Waals surface area contributed by atoms with Crippen LogP contribution in [0.1, 0.15) is 53.2 Å². The van der Waals surface area contributed by atoms with Gasteiger partial charge in [0.25, 0.3) is 6.43 Å². The molecule has 0 aliphatic carbocycles. The van der Waals surface area contributed by atoms with Crippen LogP contribution in [0.3, 0.4) is 0 Å². The number of nitrogens with one attached hydrogen (secondary N) is 1. The van der Waals surface area contributed by atoms with Crippen LogP contribution in [0.4, 0.5) is 14.5 Å². The normalized spacial score (nSPS) is 12.8. The fourth-order valence-corrected chi connectivity index (χ4v) is 4.06. The number of nitrogens with two attached hydrogens (primary N) is 1. The predicted octanol–water partition coefficient (Wildman–Crippen LogP) is 5.38. The van der Waals surface area contributed by atoms with E-state index in [9.17, 15) is 18.8 Å². The van der Waals surface area contributed by atoms with Gasteiger partial charge in [-0.25, -0.2) is 18.7 Å². The Morgan fingerprint density at radius 1 is 1.14 bits per heavy atom. The van der Waals surface area contributed by atoms with E-state index < -0.39 is 18.2 Å². The lowest BCUT2D eigenvalue weighted by Gasteiger charge is -2.20. The summed E-state index contributed by atoms with van der Waals surface area (Å²) in [7, 11) is 0.